The molecule has 0 aliphatic heterocycles. The standard InChI is InChI=1S/C13H23NO4/c1-9(2)12(3,18)8-14-10(15)7-13(11(16)17)5-4-6-13/h9,18H,4-8H2,1-3H3,(H,14,15)(H,16,17). The third kappa shape index (κ3) is 3.22. The summed E-state index contributed by atoms with van der Waals surface area (Å²) in [5.74, 6) is -1.16. The predicted octanol–water partition coefficient (Wildman–Crippen LogP) is 1.15. The van der Waals surface area contributed by atoms with Gasteiger partial charge in [0, 0.05) is 13.0 Å². The Kier molecular flexibility index (Phi) is 4.37. The summed E-state index contributed by atoms with van der Waals surface area (Å²) in [4.78, 5) is 22.9. The van der Waals surface area contributed by atoms with Crippen LogP contribution in [0.4, 0.5) is 0 Å². The van der Waals surface area contributed by atoms with Crippen LogP contribution >= 0.6 is 0 Å². The monoisotopic (exact) mass is 257 g/mol. The van der Waals surface area contributed by atoms with E-state index < -0.39 is 17.0 Å². The Morgan fingerprint density at radius 3 is 2.28 bits per heavy atom. The highest BCUT2D eigenvalue weighted by atomic mass is 16.4. The van der Waals surface area contributed by atoms with Gasteiger partial charge in [-0.05, 0) is 25.7 Å². The van der Waals surface area contributed by atoms with Crippen molar-refractivity contribution < 1.29 is 19.8 Å². The first kappa shape index (κ1) is 15.0. The maximum Gasteiger partial charge on any atom is 0.310 e. The lowest BCUT2D eigenvalue weighted by molar-refractivity contribution is -0.157. The fourth-order valence-corrected chi connectivity index (χ4v) is 1.92. The number of hydrogen-bond donors (Lipinski definition) is 3. The number of aliphatic carboxylic acids is 1. The number of carbonyl (C=O) groups is 2. The van der Waals surface area contributed by atoms with Crippen molar-refractivity contribution in [2.24, 2.45) is 11.3 Å². The lowest BCUT2D eigenvalue weighted by atomic mass is 9.66. The van der Waals surface area contributed by atoms with Crippen LogP contribution in [0.25, 0.3) is 0 Å². The molecule has 1 amide bonds. The summed E-state index contributed by atoms with van der Waals surface area (Å²) in [5, 5.41) is 21.7. The van der Waals surface area contributed by atoms with Gasteiger partial charge in [0.1, 0.15) is 0 Å². The Bertz CT molecular complexity index is 332. The van der Waals surface area contributed by atoms with Crippen molar-refractivity contribution in [1.82, 2.24) is 5.32 Å². The van der Waals surface area contributed by atoms with Gasteiger partial charge in [-0.1, -0.05) is 20.3 Å². The Morgan fingerprint density at radius 1 is 1.39 bits per heavy atom. The average molecular weight is 257 g/mol. The second kappa shape index (κ2) is 5.26. The summed E-state index contributed by atoms with van der Waals surface area (Å²) >= 11 is 0. The predicted molar refractivity (Wildman–Crippen MR) is 67.0 cm³/mol. The molecular weight excluding hydrogens is 234 g/mol. The maximum absolute atomic E-state index is 11.7. The first-order valence-corrected chi connectivity index (χ1v) is 6.42. The minimum absolute atomic E-state index is 0.0104. The first-order valence-electron chi connectivity index (χ1n) is 6.42. The number of amides is 1. The van der Waals surface area contributed by atoms with Gasteiger partial charge in [0.2, 0.25) is 5.91 Å². The molecular formula is C13H23NO4. The number of hydrogen-bond acceptors (Lipinski definition) is 3. The van der Waals surface area contributed by atoms with E-state index in [-0.39, 0.29) is 24.8 Å². The fraction of sp³-hybridized carbons (Fsp3) is 0.846. The molecule has 0 bridgehead atoms. The molecule has 18 heavy (non-hydrogen) atoms. The van der Waals surface area contributed by atoms with E-state index in [1.807, 2.05) is 13.8 Å². The number of aliphatic hydroxyl groups is 1. The van der Waals surface area contributed by atoms with Crippen molar-refractivity contribution in [2.75, 3.05) is 6.54 Å². The first-order chi connectivity index (χ1) is 8.19. The topological polar surface area (TPSA) is 86.6 Å². The summed E-state index contributed by atoms with van der Waals surface area (Å²) in [6.45, 7) is 5.56. The summed E-state index contributed by atoms with van der Waals surface area (Å²) in [6.07, 6.45) is 2.01. The SMILES string of the molecule is CC(C)C(C)(O)CNC(=O)CC1(C(=O)O)CCC1. The van der Waals surface area contributed by atoms with Crippen molar-refractivity contribution >= 4 is 11.9 Å². The van der Waals surface area contributed by atoms with Crippen LogP contribution in [0.3, 0.4) is 0 Å². The van der Waals surface area contributed by atoms with Crippen LogP contribution in [0.15, 0.2) is 0 Å². The van der Waals surface area contributed by atoms with Gasteiger partial charge in [-0.2, -0.15) is 0 Å². The van der Waals surface area contributed by atoms with Crippen LogP contribution in [0.2, 0.25) is 0 Å². The van der Waals surface area contributed by atoms with Crippen LogP contribution in [-0.2, 0) is 9.59 Å². The van der Waals surface area contributed by atoms with Crippen molar-refractivity contribution in [2.45, 2.75) is 52.1 Å². The van der Waals surface area contributed by atoms with Crippen molar-refractivity contribution in [3.63, 3.8) is 0 Å². The van der Waals surface area contributed by atoms with Crippen LogP contribution in [0, 0.1) is 11.3 Å². The van der Waals surface area contributed by atoms with Gasteiger partial charge in [0.05, 0.1) is 11.0 Å². The molecule has 0 aromatic heterocycles. The highest BCUT2D eigenvalue weighted by Crippen LogP contribution is 2.44. The molecule has 0 radical (unpaired) electrons. The zero-order valence-electron chi connectivity index (χ0n) is 11.3. The lowest BCUT2D eigenvalue weighted by Crippen LogP contribution is -2.47. The Labute approximate surface area is 108 Å². The van der Waals surface area contributed by atoms with Gasteiger partial charge in [-0.3, -0.25) is 9.59 Å². The summed E-state index contributed by atoms with van der Waals surface area (Å²) in [5.41, 5.74) is -1.83. The van der Waals surface area contributed by atoms with Crippen LogP contribution < -0.4 is 5.32 Å². The van der Waals surface area contributed by atoms with E-state index in [2.05, 4.69) is 5.32 Å². The average Bonchev–Trinajstić information content (AvgIpc) is 2.20. The molecule has 0 heterocycles. The minimum Gasteiger partial charge on any atom is -0.481 e. The quantitative estimate of drug-likeness (QED) is 0.666. The highest BCUT2D eigenvalue weighted by molar-refractivity contribution is 5.85. The summed E-state index contributed by atoms with van der Waals surface area (Å²) in [6, 6.07) is 0. The molecule has 0 aromatic carbocycles. The number of nitrogens with one attached hydrogen (secondary N) is 1. The van der Waals surface area contributed by atoms with E-state index in [1.165, 1.54) is 0 Å². The number of rotatable bonds is 6. The zero-order valence-corrected chi connectivity index (χ0v) is 11.3. The molecule has 1 aliphatic rings. The van der Waals surface area contributed by atoms with Gasteiger partial charge < -0.3 is 15.5 Å². The molecule has 1 saturated carbocycles. The third-order valence-corrected chi connectivity index (χ3v) is 4.15. The Hall–Kier alpha value is -1.10. The van der Waals surface area contributed by atoms with Crippen molar-refractivity contribution in [3.05, 3.63) is 0 Å². The molecule has 0 spiro atoms. The molecule has 0 aromatic rings. The van der Waals surface area contributed by atoms with E-state index in [0.717, 1.165) is 6.42 Å². The van der Waals surface area contributed by atoms with Crippen molar-refractivity contribution in [1.29, 1.82) is 0 Å². The number of carboxylic acids is 1. The molecule has 1 unspecified atom stereocenters. The van der Waals surface area contributed by atoms with Crippen LogP contribution in [0.1, 0.15) is 46.5 Å². The molecule has 5 nitrogen and oxygen atoms in total. The normalized spacial score (nSPS) is 20.9. The molecule has 5 heteroatoms. The van der Waals surface area contributed by atoms with Gasteiger partial charge in [0.15, 0.2) is 0 Å². The highest BCUT2D eigenvalue weighted by Gasteiger charge is 2.46. The van der Waals surface area contributed by atoms with E-state index in [9.17, 15) is 14.7 Å². The number of carbonyl (C=O) groups excluding carboxylic acids is 1. The van der Waals surface area contributed by atoms with E-state index in [4.69, 9.17) is 5.11 Å². The smallest absolute Gasteiger partial charge is 0.310 e. The summed E-state index contributed by atoms with van der Waals surface area (Å²) < 4.78 is 0. The molecule has 1 atom stereocenters. The lowest BCUT2D eigenvalue weighted by Gasteiger charge is -2.37. The number of carboxylic acid groups (broad SMARTS) is 1. The van der Waals surface area contributed by atoms with Gasteiger partial charge in [0.25, 0.3) is 0 Å². The zero-order chi connectivity index (χ0) is 14.0. The van der Waals surface area contributed by atoms with Gasteiger partial charge in [-0.25, -0.2) is 0 Å². The van der Waals surface area contributed by atoms with Crippen LogP contribution in [0.5, 0.6) is 0 Å². The molecule has 104 valence electrons. The fourth-order valence-electron chi connectivity index (χ4n) is 1.92. The molecule has 1 aliphatic carbocycles. The second-order valence-corrected chi connectivity index (χ2v) is 5.90. The van der Waals surface area contributed by atoms with E-state index in [0.29, 0.717) is 12.8 Å². The van der Waals surface area contributed by atoms with E-state index in [1.54, 1.807) is 6.92 Å². The summed E-state index contributed by atoms with van der Waals surface area (Å²) in [7, 11) is 0. The van der Waals surface area contributed by atoms with Crippen molar-refractivity contribution in [3.8, 4) is 0 Å². The molecule has 3 N–H and O–H groups in total. The molecule has 1 rings (SSSR count). The maximum atomic E-state index is 11.7. The van der Waals surface area contributed by atoms with E-state index >= 15 is 0 Å². The minimum atomic E-state index is -0.967. The van der Waals surface area contributed by atoms with Gasteiger partial charge >= 0.3 is 5.97 Å². The van der Waals surface area contributed by atoms with Crippen LogP contribution in [-0.4, -0.2) is 34.2 Å². The molecule has 1 fully saturated rings. The third-order valence-electron chi connectivity index (χ3n) is 4.15. The Balaban J connectivity index is 2.45. The Morgan fingerprint density at radius 2 is 1.94 bits per heavy atom. The second-order valence-electron chi connectivity index (χ2n) is 5.90. The largest absolute Gasteiger partial charge is 0.481 e. The molecule has 0 saturated heterocycles. The van der Waals surface area contributed by atoms with Gasteiger partial charge in [-0.15, -0.1) is 0 Å².